The van der Waals surface area contributed by atoms with Crippen LogP contribution in [0.4, 0.5) is 0 Å². The molecule has 0 bridgehead atoms. The molecule has 0 aromatic heterocycles. The average Bonchev–Trinajstić information content (AvgIpc) is 2.76. The summed E-state index contributed by atoms with van der Waals surface area (Å²) in [5.41, 5.74) is 6.02. The summed E-state index contributed by atoms with van der Waals surface area (Å²) in [7, 11) is 0. The van der Waals surface area contributed by atoms with E-state index in [9.17, 15) is 0 Å². The molecule has 3 atom stereocenters. The molecule has 2 aliphatic rings. The first kappa shape index (κ1) is 10.4. The largest absolute Gasteiger partial charge is 0.314 e. The van der Waals surface area contributed by atoms with Crippen molar-refractivity contribution in [1.82, 2.24) is 4.90 Å². The number of hydrogen-bond acceptors (Lipinski definition) is 2. The summed E-state index contributed by atoms with van der Waals surface area (Å²) in [5, 5.41) is 0. The fourth-order valence-electron chi connectivity index (χ4n) is 2.71. The van der Waals surface area contributed by atoms with Crippen LogP contribution in [0.1, 0.15) is 57.8 Å². The minimum atomic E-state index is 0.413. The van der Waals surface area contributed by atoms with Crippen LogP contribution in [0.2, 0.25) is 0 Å². The lowest BCUT2D eigenvalue weighted by Crippen LogP contribution is -2.11. The van der Waals surface area contributed by atoms with Crippen LogP contribution in [-0.2, 0) is 0 Å². The van der Waals surface area contributed by atoms with Gasteiger partial charge in [-0.25, -0.2) is 0 Å². The third-order valence-corrected chi connectivity index (χ3v) is 3.78. The Hall–Kier alpha value is -0.0800. The van der Waals surface area contributed by atoms with Gasteiger partial charge in [-0.15, -0.1) is 0 Å². The summed E-state index contributed by atoms with van der Waals surface area (Å²) in [6, 6.07) is 0.745. The first-order chi connectivity index (χ1) is 6.89. The Labute approximate surface area is 87.8 Å². The van der Waals surface area contributed by atoms with Crippen molar-refractivity contribution in [3.8, 4) is 0 Å². The predicted octanol–water partition coefficient (Wildman–Crippen LogP) is 2.48. The summed E-state index contributed by atoms with van der Waals surface area (Å²) in [4.78, 5) is 2.49. The van der Waals surface area contributed by atoms with E-state index in [1.807, 2.05) is 0 Å². The molecular weight excluding hydrogens is 172 g/mol. The Morgan fingerprint density at radius 1 is 0.786 bits per heavy atom. The van der Waals surface area contributed by atoms with Crippen molar-refractivity contribution < 1.29 is 0 Å². The van der Waals surface area contributed by atoms with Gasteiger partial charge in [0.15, 0.2) is 0 Å². The molecular formula is C12H24N2. The summed E-state index contributed by atoms with van der Waals surface area (Å²) >= 11 is 0. The summed E-state index contributed by atoms with van der Waals surface area (Å²) in [6.45, 7) is 1.26. The van der Waals surface area contributed by atoms with E-state index in [0.29, 0.717) is 6.17 Å². The van der Waals surface area contributed by atoms with Crippen molar-refractivity contribution in [3.63, 3.8) is 0 Å². The van der Waals surface area contributed by atoms with E-state index in [1.54, 1.807) is 0 Å². The Kier molecular flexibility index (Phi) is 3.82. The van der Waals surface area contributed by atoms with Crippen molar-refractivity contribution in [2.45, 2.75) is 70.0 Å². The maximum absolute atomic E-state index is 6.02. The molecule has 0 spiro atoms. The molecule has 2 N–H and O–H groups in total. The number of fused-ring (bicyclic) bond motifs is 1. The standard InChI is InChI=1S/C12H24N2/c13-12-11-9-7-5-3-1-2-4-6-8-10-14(11)12/h11-12H,1-10,13H2. The lowest BCUT2D eigenvalue weighted by Gasteiger charge is -2.06. The highest BCUT2D eigenvalue weighted by atomic mass is 15.4. The van der Waals surface area contributed by atoms with Gasteiger partial charge in [-0.05, 0) is 12.8 Å². The number of nitrogens with zero attached hydrogens (tertiary/aromatic N) is 1. The number of rotatable bonds is 0. The van der Waals surface area contributed by atoms with E-state index in [-0.39, 0.29) is 0 Å². The highest BCUT2D eigenvalue weighted by Gasteiger charge is 2.42. The molecule has 2 heterocycles. The van der Waals surface area contributed by atoms with E-state index in [0.717, 1.165) is 6.04 Å². The summed E-state index contributed by atoms with van der Waals surface area (Å²) in [6.07, 6.45) is 13.2. The molecule has 0 aromatic carbocycles. The molecule has 2 fully saturated rings. The molecule has 2 aliphatic heterocycles. The second-order valence-electron chi connectivity index (χ2n) is 4.91. The molecule has 14 heavy (non-hydrogen) atoms. The van der Waals surface area contributed by atoms with Gasteiger partial charge in [-0.1, -0.05) is 44.9 Å². The molecule has 82 valence electrons. The normalized spacial score (nSPS) is 40.5. The second-order valence-corrected chi connectivity index (χ2v) is 4.91. The highest BCUT2D eigenvalue weighted by Crippen LogP contribution is 2.29. The maximum atomic E-state index is 6.02. The van der Waals surface area contributed by atoms with E-state index in [1.165, 1.54) is 64.3 Å². The fourth-order valence-corrected chi connectivity index (χ4v) is 2.71. The van der Waals surface area contributed by atoms with Crippen LogP contribution < -0.4 is 5.73 Å². The monoisotopic (exact) mass is 196 g/mol. The first-order valence-electron chi connectivity index (χ1n) is 6.41. The third kappa shape index (κ3) is 2.71. The molecule has 2 saturated heterocycles. The van der Waals surface area contributed by atoms with Gasteiger partial charge in [-0.3, -0.25) is 4.90 Å². The first-order valence-corrected chi connectivity index (χ1v) is 6.41. The van der Waals surface area contributed by atoms with Crippen LogP contribution in [0, 0.1) is 0 Å². The van der Waals surface area contributed by atoms with Crippen molar-refractivity contribution in [3.05, 3.63) is 0 Å². The lowest BCUT2D eigenvalue weighted by molar-refractivity contribution is 0.426. The van der Waals surface area contributed by atoms with Gasteiger partial charge in [-0.2, -0.15) is 0 Å². The van der Waals surface area contributed by atoms with Crippen molar-refractivity contribution >= 4 is 0 Å². The number of hydrogen-bond donors (Lipinski definition) is 1. The molecule has 0 radical (unpaired) electrons. The van der Waals surface area contributed by atoms with Crippen LogP contribution >= 0.6 is 0 Å². The predicted molar refractivity (Wildman–Crippen MR) is 60.0 cm³/mol. The van der Waals surface area contributed by atoms with Gasteiger partial charge >= 0.3 is 0 Å². The van der Waals surface area contributed by atoms with Crippen LogP contribution in [0.25, 0.3) is 0 Å². The molecule has 2 rings (SSSR count). The molecule has 2 heteroatoms. The van der Waals surface area contributed by atoms with Crippen LogP contribution in [-0.4, -0.2) is 23.7 Å². The van der Waals surface area contributed by atoms with E-state index in [4.69, 9.17) is 5.73 Å². The van der Waals surface area contributed by atoms with E-state index in [2.05, 4.69) is 4.90 Å². The van der Waals surface area contributed by atoms with Crippen molar-refractivity contribution in [1.29, 1.82) is 0 Å². The smallest absolute Gasteiger partial charge is 0.0736 e. The minimum Gasteiger partial charge on any atom is -0.314 e. The molecule has 2 nitrogen and oxygen atoms in total. The number of nitrogens with two attached hydrogens (primary N) is 1. The van der Waals surface area contributed by atoms with E-state index >= 15 is 0 Å². The highest BCUT2D eigenvalue weighted by molar-refractivity contribution is 4.97. The topological polar surface area (TPSA) is 29.0 Å². The quantitative estimate of drug-likeness (QED) is 0.603. The Balaban J connectivity index is 1.72. The maximum Gasteiger partial charge on any atom is 0.0736 e. The fraction of sp³-hybridized carbons (Fsp3) is 1.00. The van der Waals surface area contributed by atoms with Gasteiger partial charge in [0.1, 0.15) is 0 Å². The second kappa shape index (κ2) is 5.13. The van der Waals surface area contributed by atoms with Crippen molar-refractivity contribution in [2.24, 2.45) is 5.73 Å². The molecule has 0 amide bonds. The zero-order valence-electron chi connectivity index (χ0n) is 9.25. The Bertz CT molecular complexity index is 152. The van der Waals surface area contributed by atoms with Gasteiger partial charge in [0.05, 0.1) is 6.17 Å². The van der Waals surface area contributed by atoms with Crippen molar-refractivity contribution in [2.75, 3.05) is 6.54 Å². The molecule has 0 saturated carbocycles. The SMILES string of the molecule is NC1C2CCCCCCCCCCN12. The average molecular weight is 196 g/mol. The Morgan fingerprint density at radius 2 is 1.36 bits per heavy atom. The minimum absolute atomic E-state index is 0.413. The molecule has 3 unspecified atom stereocenters. The third-order valence-electron chi connectivity index (χ3n) is 3.78. The van der Waals surface area contributed by atoms with Gasteiger partial charge in [0.2, 0.25) is 0 Å². The van der Waals surface area contributed by atoms with Crippen LogP contribution in [0.15, 0.2) is 0 Å². The van der Waals surface area contributed by atoms with Crippen LogP contribution in [0.5, 0.6) is 0 Å². The summed E-state index contributed by atoms with van der Waals surface area (Å²) in [5.74, 6) is 0. The molecule has 0 aliphatic carbocycles. The van der Waals surface area contributed by atoms with Gasteiger partial charge < -0.3 is 5.73 Å². The van der Waals surface area contributed by atoms with E-state index < -0.39 is 0 Å². The summed E-state index contributed by atoms with van der Waals surface area (Å²) < 4.78 is 0. The lowest BCUT2D eigenvalue weighted by atomic mass is 10.1. The Morgan fingerprint density at radius 3 is 2.07 bits per heavy atom. The zero-order chi connectivity index (χ0) is 9.80. The zero-order valence-corrected chi connectivity index (χ0v) is 9.25. The van der Waals surface area contributed by atoms with Crippen LogP contribution in [0.3, 0.4) is 0 Å². The van der Waals surface area contributed by atoms with Gasteiger partial charge in [0, 0.05) is 12.6 Å². The van der Waals surface area contributed by atoms with Gasteiger partial charge in [0.25, 0.3) is 0 Å². The molecule has 0 aromatic rings.